The van der Waals surface area contributed by atoms with Crippen LogP contribution in [0.4, 0.5) is 5.69 Å². The van der Waals surface area contributed by atoms with E-state index in [1.165, 1.54) is 32.1 Å². The van der Waals surface area contributed by atoms with E-state index in [0.29, 0.717) is 13.1 Å². The first kappa shape index (κ1) is 20.6. The van der Waals surface area contributed by atoms with Crippen molar-refractivity contribution in [3.63, 3.8) is 0 Å². The molecule has 2 fully saturated rings. The predicted octanol–water partition coefficient (Wildman–Crippen LogP) is 1.30. The highest BCUT2D eigenvalue weighted by atomic mass is 16.2. The third kappa shape index (κ3) is 5.25. The summed E-state index contributed by atoms with van der Waals surface area (Å²) < 4.78 is 1.72. The summed E-state index contributed by atoms with van der Waals surface area (Å²) in [7, 11) is 5.90. The molecule has 1 aromatic rings. The van der Waals surface area contributed by atoms with E-state index in [1.807, 2.05) is 18.1 Å². The number of aromatic nitrogens is 2. The Hall–Kier alpha value is -2.09. The van der Waals surface area contributed by atoms with E-state index in [-0.39, 0.29) is 5.91 Å². The van der Waals surface area contributed by atoms with Gasteiger partial charge in [0.25, 0.3) is 0 Å². The van der Waals surface area contributed by atoms with Crippen LogP contribution in [0.2, 0.25) is 0 Å². The lowest BCUT2D eigenvalue weighted by Crippen LogP contribution is -2.55. The molecule has 0 radical (unpaired) electrons. The summed E-state index contributed by atoms with van der Waals surface area (Å²) in [4.78, 5) is 23.3. The number of piperazine rings is 1. The van der Waals surface area contributed by atoms with Crippen LogP contribution >= 0.6 is 0 Å². The van der Waals surface area contributed by atoms with Gasteiger partial charge in [-0.05, 0) is 32.9 Å². The summed E-state index contributed by atoms with van der Waals surface area (Å²) in [6.07, 6.45) is 11.5. The van der Waals surface area contributed by atoms with Gasteiger partial charge < -0.3 is 20.0 Å². The highest BCUT2D eigenvalue weighted by Gasteiger charge is 2.27. The molecule has 1 saturated heterocycles. The molecule has 1 aliphatic heterocycles. The number of aliphatic imine (C=N–C) groups is 1. The van der Waals surface area contributed by atoms with Crippen LogP contribution in [0.5, 0.6) is 0 Å². The van der Waals surface area contributed by atoms with Crippen LogP contribution in [0.15, 0.2) is 17.4 Å². The summed E-state index contributed by atoms with van der Waals surface area (Å²) in [5.74, 6) is 0.902. The molecule has 1 saturated carbocycles. The quantitative estimate of drug-likeness (QED) is 0.451. The average molecular weight is 390 g/mol. The number of anilines is 1. The van der Waals surface area contributed by atoms with Crippen molar-refractivity contribution in [2.75, 3.05) is 51.7 Å². The molecule has 0 spiro atoms. The first-order valence-corrected chi connectivity index (χ1v) is 10.5. The van der Waals surface area contributed by atoms with Gasteiger partial charge in [-0.3, -0.25) is 14.5 Å². The fourth-order valence-corrected chi connectivity index (χ4v) is 4.24. The number of hydrogen-bond donors (Lipinski definition) is 1. The van der Waals surface area contributed by atoms with E-state index in [9.17, 15) is 4.79 Å². The molecule has 2 heterocycles. The molecule has 1 amide bonds. The molecule has 28 heavy (non-hydrogen) atoms. The molecule has 1 aromatic heterocycles. The zero-order valence-corrected chi connectivity index (χ0v) is 17.6. The number of aryl methyl sites for hydroxylation is 1. The van der Waals surface area contributed by atoms with Crippen LogP contribution in [-0.4, -0.2) is 84.3 Å². The number of nitrogens with one attached hydrogen (secondary N) is 1. The van der Waals surface area contributed by atoms with Crippen LogP contribution in [0.1, 0.15) is 38.5 Å². The summed E-state index contributed by atoms with van der Waals surface area (Å²) in [5, 5.41) is 7.60. The van der Waals surface area contributed by atoms with Crippen LogP contribution in [0.25, 0.3) is 0 Å². The van der Waals surface area contributed by atoms with E-state index in [4.69, 9.17) is 0 Å². The van der Waals surface area contributed by atoms with Gasteiger partial charge in [0, 0.05) is 46.0 Å². The molecule has 0 unspecified atom stereocenters. The van der Waals surface area contributed by atoms with E-state index >= 15 is 0 Å². The second kappa shape index (κ2) is 9.91. The molecule has 3 rings (SSSR count). The van der Waals surface area contributed by atoms with Crippen molar-refractivity contribution < 1.29 is 4.79 Å². The molecule has 0 aromatic carbocycles. The van der Waals surface area contributed by atoms with Gasteiger partial charge in [0.1, 0.15) is 6.54 Å². The van der Waals surface area contributed by atoms with E-state index < -0.39 is 0 Å². The molecule has 2 aliphatic rings. The molecule has 0 bridgehead atoms. The number of amides is 1. The normalized spacial score (nSPS) is 19.6. The van der Waals surface area contributed by atoms with Crippen molar-refractivity contribution in [3.8, 4) is 0 Å². The summed E-state index contributed by atoms with van der Waals surface area (Å²) >= 11 is 0. The Morgan fingerprint density at radius 2 is 2.11 bits per heavy atom. The minimum atomic E-state index is 0.0826. The lowest BCUT2D eigenvalue weighted by molar-refractivity contribution is -0.120. The Labute approximate surface area is 168 Å². The Kier molecular flexibility index (Phi) is 7.30. The number of carbonyl (C=O) groups excluding carboxylic acids is 1. The van der Waals surface area contributed by atoms with Crippen molar-refractivity contribution in [2.24, 2.45) is 12.0 Å². The van der Waals surface area contributed by atoms with Crippen molar-refractivity contribution in [1.29, 1.82) is 0 Å². The van der Waals surface area contributed by atoms with Gasteiger partial charge in [-0.15, -0.1) is 0 Å². The second-order valence-corrected chi connectivity index (χ2v) is 7.94. The maximum Gasteiger partial charge on any atom is 0.246 e. The molecular weight excluding hydrogens is 354 g/mol. The third-order valence-corrected chi connectivity index (χ3v) is 5.90. The van der Waals surface area contributed by atoms with Crippen LogP contribution in [0, 0.1) is 0 Å². The van der Waals surface area contributed by atoms with E-state index in [0.717, 1.165) is 43.7 Å². The largest absolute Gasteiger partial charge is 0.356 e. The molecular formula is C20H35N7O. The monoisotopic (exact) mass is 389 g/mol. The number of rotatable bonds is 6. The Balaban J connectivity index is 1.41. The Morgan fingerprint density at radius 3 is 2.75 bits per heavy atom. The minimum Gasteiger partial charge on any atom is -0.356 e. The predicted molar refractivity (Wildman–Crippen MR) is 113 cm³/mol. The maximum absolute atomic E-state index is 12.6. The highest BCUT2D eigenvalue weighted by molar-refractivity contribution is 5.98. The Morgan fingerprint density at radius 1 is 1.32 bits per heavy atom. The molecule has 0 atom stereocenters. The van der Waals surface area contributed by atoms with Gasteiger partial charge in [0.05, 0.1) is 11.9 Å². The Bertz CT molecular complexity index is 665. The van der Waals surface area contributed by atoms with E-state index in [1.54, 1.807) is 22.8 Å². The number of hydrogen-bond acceptors (Lipinski definition) is 4. The van der Waals surface area contributed by atoms with Gasteiger partial charge in [0.2, 0.25) is 5.91 Å². The fourth-order valence-electron chi connectivity index (χ4n) is 4.24. The van der Waals surface area contributed by atoms with Crippen molar-refractivity contribution in [2.45, 2.75) is 44.6 Å². The van der Waals surface area contributed by atoms with E-state index in [2.05, 4.69) is 27.4 Å². The van der Waals surface area contributed by atoms with Crippen LogP contribution in [0.3, 0.4) is 0 Å². The zero-order chi connectivity index (χ0) is 19.9. The molecule has 156 valence electrons. The SMILES string of the molecule is CN=C(NCCCN(C)C1CCCCC1)N1CCN(c2cnn(C)c2)C(=O)C1. The lowest BCUT2D eigenvalue weighted by atomic mass is 9.94. The number of carbonyl (C=O) groups is 1. The van der Waals surface area contributed by atoms with Crippen LogP contribution < -0.4 is 10.2 Å². The topological polar surface area (TPSA) is 69.0 Å². The van der Waals surface area contributed by atoms with Gasteiger partial charge in [-0.1, -0.05) is 19.3 Å². The summed E-state index contributed by atoms with van der Waals surface area (Å²) in [6, 6.07) is 0.756. The standard InChI is InChI=1S/C20H35N7O/c1-21-20(22-10-7-11-24(2)17-8-5-4-6-9-17)26-12-13-27(19(28)16-26)18-14-23-25(3)15-18/h14-15,17H,4-13,16H2,1-3H3,(H,21,22). The van der Waals surface area contributed by atoms with Gasteiger partial charge >= 0.3 is 0 Å². The molecule has 8 nitrogen and oxygen atoms in total. The molecule has 1 aliphatic carbocycles. The number of nitrogens with zero attached hydrogens (tertiary/aromatic N) is 6. The fraction of sp³-hybridized carbons (Fsp3) is 0.750. The lowest BCUT2D eigenvalue weighted by Gasteiger charge is -2.35. The second-order valence-electron chi connectivity index (χ2n) is 7.94. The molecule has 8 heteroatoms. The summed E-state index contributed by atoms with van der Waals surface area (Å²) in [6.45, 7) is 3.73. The smallest absolute Gasteiger partial charge is 0.246 e. The summed E-state index contributed by atoms with van der Waals surface area (Å²) in [5.41, 5.74) is 0.862. The van der Waals surface area contributed by atoms with Crippen molar-refractivity contribution in [1.82, 2.24) is 24.9 Å². The first-order valence-electron chi connectivity index (χ1n) is 10.5. The van der Waals surface area contributed by atoms with Crippen molar-refractivity contribution in [3.05, 3.63) is 12.4 Å². The van der Waals surface area contributed by atoms with Crippen molar-refractivity contribution >= 4 is 17.6 Å². The first-order chi connectivity index (χ1) is 13.6. The van der Waals surface area contributed by atoms with Gasteiger partial charge in [0.15, 0.2) is 5.96 Å². The highest BCUT2D eigenvalue weighted by Crippen LogP contribution is 2.21. The number of guanidine groups is 1. The van der Waals surface area contributed by atoms with Crippen LogP contribution in [-0.2, 0) is 11.8 Å². The zero-order valence-electron chi connectivity index (χ0n) is 17.6. The van der Waals surface area contributed by atoms with Gasteiger partial charge in [-0.25, -0.2) is 0 Å². The molecule has 1 N–H and O–H groups in total. The average Bonchev–Trinajstić information content (AvgIpc) is 3.14. The van der Waals surface area contributed by atoms with Gasteiger partial charge in [-0.2, -0.15) is 5.10 Å². The minimum absolute atomic E-state index is 0.0826. The maximum atomic E-state index is 12.6. The third-order valence-electron chi connectivity index (χ3n) is 5.90.